The van der Waals surface area contributed by atoms with E-state index in [-0.39, 0.29) is 12.1 Å². The van der Waals surface area contributed by atoms with Crippen molar-refractivity contribution >= 4 is 23.4 Å². The fraction of sp³-hybridized carbons (Fsp3) is 0.619. The molecule has 0 aliphatic carbocycles. The molecule has 0 aromatic heterocycles. The molecule has 6 heteroatoms. The first-order valence-electron chi connectivity index (χ1n) is 10.2. The lowest BCUT2D eigenvalue weighted by atomic mass is 10.2. The molecular weight excluding hydrogens is 340 g/mol. The zero-order chi connectivity index (χ0) is 20.2. The summed E-state index contributed by atoms with van der Waals surface area (Å²) in [5.74, 6) is 0. The van der Waals surface area contributed by atoms with Crippen LogP contribution in [0.3, 0.4) is 0 Å². The molecule has 0 fully saturated rings. The molecule has 0 atom stereocenters. The van der Waals surface area contributed by atoms with Crippen molar-refractivity contribution in [2.45, 2.75) is 60.3 Å². The van der Waals surface area contributed by atoms with Crippen molar-refractivity contribution in [1.29, 1.82) is 0 Å². The molecule has 0 saturated carbocycles. The Labute approximate surface area is 164 Å². The second-order valence-electron chi connectivity index (χ2n) is 6.76. The van der Waals surface area contributed by atoms with Crippen molar-refractivity contribution in [3.63, 3.8) is 0 Å². The minimum Gasteiger partial charge on any atom is -0.325 e. The second-order valence-corrected chi connectivity index (χ2v) is 6.76. The highest BCUT2D eigenvalue weighted by molar-refractivity contribution is 5.93. The molecule has 0 spiro atoms. The molecule has 0 bridgehead atoms. The van der Waals surface area contributed by atoms with Crippen LogP contribution in [0.4, 0.5) is 21.0 Å². The Morgan fingerprint density at radius 2 is 1.37 bits per heavy atom. The highest BCUT2D eigenvalue weighted by Gasteiger charge is 2.14. The molecule has 0 aliphatic rings. The van der Waals surface area contributed by atoms with Crippen molar-refractivity contribution in [3.8, 4) is 0 Å². The van der Waals surface area contributed by atoms with E-state index in [0.717, 1.165) is 50.0 Å². The summed E-state index contributed by atoms with van der Waals surface area (Å²) in [6.45, 7) is 13.0. The van der Waals surface area contributed by atoms with Gasteiger partial charge in [-0.15, -0.1) is 0 Å². The minimum absolute atomic E-state index is 0.101. The van der Waals surface area contributed by atoms with Gasteiger partial charge in [0.25, 0.3) is 0 Å². The Bertz CT molecular complexity index is 604. The molecule has 2 N–H and O–H groups in total. The average molecular weight is 377 g/mol. The van der Waals surface area contributed by atoms with E-state index < -0.39 is 0 Å². The molecule has 0 unspecified atom stereocenters. The third kappa shape index (κ3) is 7.49. The van der Waals surface area contributed by atoms with Crippen LogP contribution in [-0.2, 0) is 0 Å². The van der Waals surface area contributed by atoms with Crippen molar-refractivity contribution < 1.29 is 9.59 Å². The fourth-order valence-electron chi connectivity index (χ4n) is 2.74. The van der Waals surface area contributed by atoms with Crippen LogP contribution in [0.2, 0.25) is 0 Å². The summed E-state index contributed by atoms with van der Waals surface area (Å²) in [5, 5.41) is 5.93. The van der Waals surface area contributed by atoms with Crippen LogP contribution < -0.4 is 10.6 Å². The van der Waals surface area contributed by atoms with E-state index in [4.69, 9.17) is 0 Å². The Balaban J connectivity index is 2.81. The number of carbonyl (C=O) groups is 2. The van der Waals surface area contributed by atoms with Crippen LogP contribution in [0.5, 0.6) is 0 Å². The Hall–Kier alpha value is -2.24. The van der Waals surface area contributed by atoms with E-state index in [0.29, 0.717) is 18.8 Å². The highest BCUT2D eigenvalue weighted by atomic mass is 16.2. The molecule has 4 amide bonds. The molecule has 27 heavy (non-hydrogen) atoms. The third-order valence-electron chi connectivity index (χ3n) is 4.63. The largest absolute Gasteiger partial charge is 0.325 e. The number of unbranched alkanes of at least 4 members (excludes halogenated alkanes) is 2. The van der Waals surface area contributed by atoms with Crippen molar-refractivity contribution in [1.82, 2.24) is 9.80 Å². The quantitative estimate of drug-likeness (QED) is 0.582. The van der Waals surface area contributed by atoms with Gasteiger partial charge >= 0.3 is 12.1 Å². The monoisotopic (exact) mass is 376 g/mol. The average Bonchev–Trinajstić information content (AvgIpc) is 2.65. The van der Waals surface area contributed by atoms with Gasteiger partial charge in [-0.2, -0.15) is 0 Å². The molecule has 152 valence electrons. The molecule has 0 radical (unpaired) electrons. The first-order chi connectivity index (χ1) is 13.0. The lowest BCUT2D eigenvalue weighted by molar-refractivity contribution is 0.213. The molecule has 1 aromatic carbocycles. The van der Waals surface area contributed by atoms with E-state index in [9.17, 15) is 9.59 Å². The predicted octanol–water partition coefficient (Wildman–Crippen LogP) is 5.30. The Kier molecular flexibility index (Phi) is 10.3. The standard InChI is InChI=1S/C21H36N4O2/c1-6-10-14-24(8-3)20(26)22-18-13-12-17(5)19(16-18)23-21(27)25(9-4)15-11-7-2/h12-13,16H,6-11,14-15H2,1-5H3,(H,22,26)(H,23,27). The summed E-state index contributed by atoms with van der Waals surface area (Å²) in [5.41, 5.74) is 2.38. The van der Waals surface area contributed by atoms with Gasteiger partial charge in [0.15, 0.2) is 0 Å². The number of aryl methyl sites for hydroxylation is 1. The van der Waals surface area contributed by atoms with Gasteiger partial charge in [0.2, 0.25) is 0 Å². The summed E-state index contributed by atoms with van der Waals surface area (Å²) < 4.78 is 0. The maximum atomic E-state index is 12.5. The Morgan fingerprint density at radius 1 is 0.852 bits per heavy atom. The van der Waals surface area contributed by atoms with Gasteiger partial charge in [0.1, 0.15) is 0 Å². The first kappa shape index (κ1) is 22.8. The van der Waals surface area contributed by atoms with Crippen LogP contribution in [0.15, 0.2) is 18.2 Å². The van der Waals surface area contributed by atoms with E-state index in [2.05, 4.69) is 24.5 Å². The molecule has 1 aromatic rings. The summed E-state index contributed by atoms with van der Waals surface area (Å²) in [7, 11) is 0. The number of nitrogens with one attached hydrogen (secondary N) is 2. The summed E-state index contributed by atoms with van der Waals surface area (Å²) in [6.07, 6.45) is 4.08. The summed E-state index contributed by atoms with van der Waals surface area (Å²) >= 11 is 0. The minimum atomic E-state index is -0.106. The third-order valence-corrected chi connectivity index (χ3v) is 4.63. The zero-order valence-electron chi connectivity index (χ0n) is 17.6. The highest BCUT2D eigenvalue weighted by Crippen LogP contribution is 2.21. The van der Waals surface area contributed by atoms with E-state index in [1.807, 2.05) is 39.0 Å². The van der Waals surface area contributed by atoms with Crippen molar-refractivity contribution in [2.75, 3.05) is 36.8 Å². The van der Waals surface area contributed by atoms with Crippen LogP contribution in [0, 0.1) is 6.92 Å². The molecule has 0 aliphatic heterocycles. The number of hydrogen-bond acceptors (Lipinski definition) is 2. The number of nitrogens with zero attached hydrogens (tertiary/aromatic N) is 2. The molecule has 6 nitrogen and oxygen atoms in total. The maximum Gasteiger partial charge on any atom is 0.321 e. The van der Waals surface area contributed by atoms with Gasteiger partial charge < -0.3 is 20.4 Å². The number of hydrogen-bond donors (Lipinski definition) is 2. The molecule has 0 heterocycles. The fourth-order valence-corrected chi connectivity index (χ4v) is 2.74. The molecule has 0 saturated heterocycles. The van der Waals surface area contributed by atoms with Gasteiger partial charge in [0, 0.05) is 37.6 Å². The van der Waals surface area contributed by atoms with E-state index in [1.165, 1.54) is 0 Å². The van der Waals surface area contributed by atoms with Gasteiger partial charge in [-0.1, -0.05) is 32.8 Å². The summed E-state index contributed by atoms with van der Waals surface area (Å²) in [6, 6.07) is 5.40. The number of benzene rings is 1. The smallest absolute Gasteiger partial charge is 0.321 e. The number of carbonyl (C=O) groups excluding carboxylic acids is 2. The Morgan fingerprint density at radius 3 is 1.85 bits per heavy atom. The van der Waals surface area contributed by atoms with Crippen LogP contribution in [-0.4, -0.2) is 48.0 Å². The van der Waals surface area contributed by atoms with Gasteiger partial charge in [-0.3, -0.25) is 0 Å². The van der Waals surface area contributed by atoms with Crippen molar-refractivity contribution in [2.24, 2.45) is 0 Å². The van der Waals surface area contributed by atoms with E-state index in [1.54, 1.807) is 9.80 Å². The SMILES string of the molecule is CCCCN(CC)C(=O)Nc1ccc(C)c(NC(=O)N(CC)CCCC)c1. The number of urea groups is 2. The number of anilines is 2. The van der Waals surface area contributed by atoms with Gasteiger partial charge in [-0.05, 0) is 51.3 Å². The second kappa shape index (κ2) is 12.2. The zero-order valence-corrected chi connectivity index (χ0v) is 17.6. The van der Waals surface area contributed by atoms with E-state index >= 15 is 0 Å². The number of rotatable bonds is 10. The number of amides is 4. The molecule has 1 rings (SSSR count). The van der Waals surface area contributed by atoms with Gasteiger partial charge in [0.05, 0.1) is 0 Å². The van der Waals surface area contributed by atoms with Crippen LogP contribution >= 0.6 is 0 Å². The van der Waals surface area contributed by atoms with Gasteiger partial charge in [-0.25, -0.2) is 9.59 Å². The first-order valence-corrected chi connectivity index (χ1v) is 10.2. The van der Waals surface area contributed by atoms with Crippen molar-refractivity contribution in [3.05, 3.63) is 23.8 Å². The van der Waals surface area contributed by atoms with Crippen LogP contribution in [0.25, 0.3) is 0 Å². The topological polar surface area (TPSA) is 64.7 Å². The lowest BCUT2D eigenvalue weighted by Gasteiger charge is -2.23. The summed E-state index contributed by atoms with van der Waals surface area (Å²) in [4.78, 5) is 28.6. The van der Waals surface area contributed by atoms with Crippen LogP contribution in [0.1, 0.15) is 58.9 Å². The maximum absolute atomic E-state index is 12.5. The predicted molar refractivity (Wildman–Crippen MR) is 114 cm³/mol. The lowest BCUT2D eigenvalue weighted by Crippen LogP contribution is -2.36. The normalized spacial score (nSPS) is 10.4. The molecular formula is C21H36N4O2.